The summed E-state index contributed by atoms with van der Waals surface area (Å²) in [6, 6.07) is 0. The Morgan fingerprint density at radius 3 is 1.88 bits per heavy atom. The van der Waals surface area contributed by atoms with Gasteiger partial charge in [0.15, 0.2) is 0 Å². The molecule has 1 aliphatic rings. The van der Waals surface area contributed by atoms with Gasteiger partial charge in [-0.3, -0.25) is 11.3 Å². The molecule has 0 aliphatic carbocycles. The van der Waals surface area contributed by atoms with Gasteiger partial charge in [0.25, 0.3) is 0 Å². The predicted molar refractivity (Wildman–Crippen MR) is 96.8 cm³/mol. The summed E-state index contributed by atoms with van der Waals surface area (Å²) in [5.41, 5.74) is 2.84. The molecule has 0 spiro atoms. The Balaban J connectivity index is 2.98. The molecular weight excluding hydrogens is 308 g/mol. The van der Waals surface area contributed by atoms with Crippen LogP contribution in [0, 0.1) is 5.92 Å². The summed E-state index contributed by atoms with van der Waals surface area (Å²) in [5.74, 6) is 5.93. The SMILES string of the molecule is CC1(C)NCCC(CCNN)CCNC(C)(C)/C(=N\O)C/C1=N/O. The third-order valence-electron chi connectivity index (χ3n) is 4.96. The normalized spacial score (nSPS) is 29.1. The monoisotopic (exact) mass is 342 g/mol. The second-order valence-corrected chi connectivity index (χ2v) is 7.56. The smallest absolute Gasteiger partial charge is 0.0823 e. The quantitative estimate of drug-likeness (QED) is 0.258. The molecule has 7 N–H and O–H groups in total. The molecule has 0 aromatic rings. The topological polar surface area (TPSA) is 127 Å². The number of hydrogen-bond acceptors (Lipinski definition) is 8. The summed E-state index contributed by atoms with van der Waals surface area (Å²) >= 11 is 0. The average Bonchev–Trinajstić information content (AvgIpc) is 2.51. The van der Waals surface area contributed by atoms with Crippen LogP contribution in [0.1, 0.15) is 53.4 Å². The molecule has 0 aromatic carbocycles. The van der Waals surface area contributed by atoms with E-state index in [0.717, 1.165) is 38.9 Å². The molecule has 8 nitrogen and oxygen atoms in total. The highest BCUT2D eigenvalue weighted by Gasteiger charge is 2.33. The van der Waals surface area contributed by atoms with E-state index >= 15 is 0 Å². The lowest BCUT2D eigenvalue weighted by atomic mass is 9.86. The summed E-state index contributed by atoms with van der Waals surface area (Å²) in [5, 5.41) is 32.8. The van der Waals surface area contributed by atoms with Crippen LogP contribution in [-0.4, -0.2) is 52.5 Å². The molecule has 140 valence electrons. The van der Waals surface area contributed by atoms with Gasteiger partial charge in [-0.1, -0.05) is 10.3 Å². The number of hydrazine groups is 1. The Morgan fingerprint density at radius 1 is 1.04 bits per heavy atom. The first-order chi connectivity index (χ1) is 11.3. The average molecular weight is 342 g/mol. The van der Waals surface area contributed by atoms with Crippen molar-refractivity contribution in [2.75, 3.05) is 19.6 Å². The third-order valence-corrected chi connectivity index (χ3v) is 4.96. The highest BCUT2D eigenvalue weighted by Crippen LogP contribution is 2.19. The number of oxime groups is 2. The zero-order chi connectivity index (χ0) is 18.2. The van der Waals surface area contributed by atoms with Crippen molar-refractivity contribution in [1.82, 2.24) is 16.1 Å². The molecule has 0 bridgehead atoms. The van der Waals surface area contributed by atoms with Gasteiger partial charge in [-0.2, -0.15) is 0 Å². The van der Waals surface area contributed by atoms with Crippen LogP contribution in [0.3, 0.4) is 0 Å². The Morgan fingerprint density at radius 2 is 1.50 bits per heavy atom. The molecule has 8 heteroatoms. The van der Waals surface area contributed by atoms with E-state index in [2.05, 4.69) is 26.4 Å². The number of nitrogens with one attached hydrogen (secondary N) is 3. The Kier molecular flexibility index (Phi) is 8.08. The van der Waals surface area contributed by atoms with E-state index in [4.69, 9.17) is 5.84 Å². The van der Waals surface area contributed by atoms with E-state index in [1.807, 2.05) is 27.7 Å². The molecule has 0 aromatic heterocycles. The van der Waals surface area contributed by atoms with Crippen LogP contribution in [0.25, 0.3) is 0 Å². The second kappa shape index (κ2) is 9.31. The maximum absolute atomic E-state index is 9.45. The van der Waals surface area contributed by atoms with Crippen LogP contribution in [0.2, 0.25) is 0 Å². The van der Waals surface area contributed by atoms with Gasteiger partial charge in [-0.05, 0) is 66.0 Å². The first-order valence-corrected chi connectivity index (χ1v) is 8.63. The molecule has 0 unspecified atom stereocenters. The van der Waals surface area contributed by atoms with Gasteiger partial charge in [0.2, 0.25) is 0 Å². The van der Waals surface area contributed by atoms with Gasteiger partial charge in [-0.15, -0.1) is 0 Å². The van der Waals surface area contributed by atoms with Crippen molar-refractivity contribution in [3.63, 3.8) is 0 Å². The summed E-state index contributed by atoms with van der Waals surface area (Å²) < 4.78 is 0. The van der Waals surface area contributed by atoms with Gasteiger partial charge in [-0.25, -0.2) is 0 Å². The van der Waals surface area contributed by atoms with Gasteiger partial charge in [0.05, 0.1) is 22.5 Å². The van der Waals surface area contributed by atoms with E-state index in [-0.39, 0.29) is 0 Å². The highest BCUT2D eigenvalue weighted by molar-refractivity contribution is 6.11. The minimum Gasteiger partial charge on any atom is -0.411 e. The van der Waals surface area contributed by atoms with Crippen molar-refractivity contribution in [3.8, 4) is 0 Å². The van der Waals surface area contributed by atoms with Gasteiger partial charge < -0.3 is 21.0 Å². The zero-order valence-electron chi connectivity index (χ0n) is 15.4. The molecule has 0 saturated carbocycles. The lowest BCUT2D eigenvalue weighted by molar-refractivity contribution is 0.300. The standard InChI is InChI=1S/C16H34N6O2/c1-15(2)13(21-23)11-14(22-24)16(3,4)19-9-6-12(5-8-18-15)7-10-20-17/h12,18-20,23-24H,5-11,17H2,1-4H3/b21-13-,22-14-. The molecule has 24 heavy (non-hydrogen) atoms. The third kappa shape index (κ3) is 6.01. The fourth-order valence-corrected chi connectivity index (χ4v) is 3.02. The van der Waals surface area contributed by atoms with Crippen molar-refractivity contribution < 1.29 is 10.4 Å². The summed E-state index contributed by atoms with van der Waals surface area (Å²) in [7, 11) is 0. The van der Waals surface area contributed by atoms with Crippen molar-refractivity contribution in [2.45, 2.75) is 64.5 Å². The minimum absolute atomic E-state index is 0.299. The van der Waals surface area contributed by atoms with Gasteiger partial charge in [0.1, 0.15) is 0 Å². The molecule has 1 saturated heterocycles. The lowest BCUT2D eigenvalue weighted by Gasteiger charge is -2.34. The Hall–Kier alpha value is -1.22. The van der Waals surface area contributed by atoms with Crippen molar-refractivity contribution in [1.29, 1.82) is 0 Å². The van der Waals surface area contributed by atoms with Crippen LogP contribution in [-0.2, 0) is 0 Å². The lowest BCUT2D eigenvalue weighted by Crippen LogP contribution is -2.53. The number of nitrogens with two attached hydrogens (primary N) is 1. The van der Waals surface area contributed by atoms with Crippen molar-refractivity contribution in [3.05, 3.63) is 0 Å². The maximum Gasteiger partial charge on any atom is 0.0823 e. The van der Waals surface area contributed by atoms with Crippen LogP contribution in [0.4, 0.5) is 0 Å². The van der Waals surface area contributed by atoms with Crippen LogP contribution in [0.5, 0.6) is 0 Å². The van der Waals surface area contributed by atoms with E-state index in [1.54, 1.807) is 0 Å². The Labute approximate surface area is 144 Å². The number of rotatable bonds is 3. The van der Waals surface area contributed by atoms with Crippen LogP contribution < -0.4 is 21.9 Å². The fourth-order valence-electron chi connectivity index (χ4n) is 3.02. The molecule has 0 amide bonds. The summed E-state index contributed by atoms with van der Waals surface area (Å²) in [6.07, 6.45) is 3.34. The predicted octanol–water partition coefficient (Wildman–Crippen LogP) is 1.04. The molecule has 1 aliphatic heterocycles. The largest absolute Gasteiger partial charge is 0.411 e. The van der Waals surface area contributed by atoms with Crippen LogP contribution >= 0.6 is 0 Å². The summed E-state index contributed by atoms with van der Waals surface area (Å²) in [4.78, 5) is 0. The van der Waals surface area contributed by atoms with E-state index < -0.39 is 11.1 Å². The minimum atomic E-state index is -0.489. The van der Waals surface area contributed by atoms with Gasteiger partial charge in [0, 0.05) is 13.0 Å². The molecule has 1 fully saturated rings. The van der Waals surface area contributed by atoms with Gasteiger partial charge >= 0.3 is 0 Å². The molecule has 0 radical (unpaired) electrons. The van der Waals surface area contributed by atoms with E-state index in [0.29, 0.717) is 23.8 Å². The van der Waals surface area contributed by atoms with E-state index in [1.165, 1.54) is 0 Å². The summed E-state index contributed by atoms with van der Waals surface area (Å²) in [6.45, 7) is 10.3. The molecular formula is C16H34N6O2. The van der Waals surface area contributed by atoms with Crippen LogP contribution in [0.15, 0.2) is 10.3 Å². The Bertz CT molecular complexity index is 412. The first kappa shape index (κ1) is 20.8. The molecule has 1 rings (SSSR count). The molecule has 0 atom stereocenters. The fraction of sp³-hybridized carbons (Fsp3) is 0.875. The van der Waals surface area contributed by atoms with Crippen molar-refractivity contribution in [2.24, 2.45) is 22.1 Å². The number of hydrogen-bond donors (Lipinski definition) is 6. The zero-order valence-corrected chi connectivity index (χ0v) is 15.4. The molecule has 1 heterocycles. The van der Waals surface area contributed by atoms with E-state index in [9.17, 15) is 10.4 Å². The first-order valence-electron chi connectivity index (χ1n) is 8.63. The second-order valence-electron chi connectivity index (χ2n) is 7.56. The van der Waals surface area contributed by atoms with Crippen molar-refractivity contribution >= 4 is 11.4 Å². The number of nitrogens with zero attached hydrogens (tertiary/aromatic N) is 2. The highest BCUT2D eigenvalue weighted by atomic mass is 16.4. The maximum atomic E-state index is 9.45.